The molecule has 108 valence electrons. The van der Waals surface area contributed by atoms with Crippen LogP contribution in [0, 0.1) is 21.3 Å². The smallest absolute Gasteiger partial charge is 0.272 e. The zero-order valence-electron chi connectivity index (χ0n) is 10.9. The number of carbonyl (C=O) groups is 1. The van der Waals surface area contributed by atoms with Gasteiger partial charge in [0.1, 0.15) is 5.02 Å². The molecule has 0 N–H and O–H groups in total. The fraction of sp³-hybridized carbons (Fsp3) is 0.417. The molecule has 0 unspecified atom stereocenters. The summed E-state index contributed by atoms with van der Waals surface area (Å²) < 4.78 is 13.4. The van der Waals surface area contributed by atoms with Crippen LogP contribution in [-0.2, 0) is 16.2 Å². The molecule has 2 rings (SSSR count). The molecule has 1 aromatic carbocycles. The van der Waals surface area contributed by atoms with Crippen molar-refractivity contribution in [1.82, 2.24) is 5.06 Å². The second kappa shape index (κ2) is 4.99. The number of hydroxylamine groups is 2. The van der Waals surface area contributed by atoms with Crippen molar-refractivity contribution < 1.29 is 18.9 Å². The van der Waals surface area contributed by atoms with Crippen LogP contribution in [0.25, 0.3) is 0 Å². The van der Waals surface area contributed by atoms with Crippen LogP contribution in [0.1, 0.15) is 19.4 Å². The molecule has 1 saturated heterocycles. The molecule has 8 heteroatoms. The lowest BCUT2D eigenvalue weighted by Crippen LogP contribution is -2.30. The zero-order valence-corrected chi connectivity index (χ0v) is 11.6. The highest BCUT2D eigenvalue weighted by atomic mass is 35.5. The molecule has 0 bridgehead atoms. The Kier molecular flexibility index (Phi) is 3.66. The Morgan fingerprint density at radius 1 is 1.55 bits per heavy atom. The van der Waals surface area contributed by atoms with Crippen molar-refractivity contribution in [2.75, 3.05) is 6.61 Å². The molecular weight excluding hydrogens is 291 g/mol. The van der Waals surface area contributed by atoms with Gasteiger partial charge in [-0.2, -0.15) is 4.39 Å². The van der Waals surface area contributed by atoms with E-state index in [1.807, 2.05) is 0 Å². The van der Waals surface area contributed by atoms with E-state index in [4.69, 9.17) is 16.4 Å². The number of amides is 1. The number of hydrogen-bond acceptors (Lipinski definition) is 4. The van der Waals surface area contributed by atoms with E-state index in [2.05, 4.69) is 0 Å². The van der Waals surface area contributed by atoms with Crippen molar-refractivity contribution in [1.29, 1.82) is 0 Å². The summed E-state index contributed by atoms with van der Waals surface area (Å²) in [5.74, 6) is -1.27. The summed E-state index contributed by atoms with van der Waals surface area (Å²) in [5.41, 5.74) is -1.20. The Bertz CT molecular complexity index is 591. The molecule has 0 aromatic heterocycles. The van der Waals surface area contributed by atoms with E-state index >= 15 is 0 Å². The number of nitrogens with zero attached hydrogens (tertiary/aromatic N) is 2. The third kappa shape index (κ3) is 2.46. The van der Waals surface area contributed by atoms with Gasteiger partial charge in [0.2, 0.25) is 5.82 Å². The Morgan fingerprint density at radius 3 is 2.70 bits per heavy atom. The van der Waals surface area contributed by atoms with Crippen molar-refractivity contribution >= 4 is 23.2 Å². The van der Waals surface area contributed by atoms with Gasteiger partial charge in [0.25, 0.3) is 5.91 Å². The Hall–Kier alpha value is -1.73. The van der Waals surface area contributed by atoms with Crippen LogP contribution in [0.3, 0.4) is 0 Å². The number of rotatable bonds is 3. The van der Waals surface area contributed by atoms with Gasteiger partial charge in [-0.3, -0.25) is 19.7 Å². The molecule has 0 saturated carbocycles. The minimum Gasteiger partial charge on any atom is -0.272 e. The van der Waals surface area contributed by atoms with Gasteiger partial charge in [0, 0.05) is 0 Å². The predicted molar refractivity (Wildman–Crippen MR) is 68.3 cm³/mol. The van der Waals surface area contributed by atoms with Crippen LogP contribution in [0.5, 0.6) is 0 Å². The van der Waals surface area contributed by atoms with E-state index in [1.165, 1.54) is 6.07 Å². The van der Waals surface area contributed by atoms with E-state index < -0.39 is 21.8 Å². The summed E-state index contributed by atoms with van der Waals surface area (Å²) >= 11 is 5.83. The molecule has 20 heavy (non-hydrogen) atoms. The van der Waals surface area contributed by atoms with E-state index in [1.54, 1.807) is 13.8 Å². The largest absolute Gasteiger partial charge is 0.323 e. The van der Waals surface area contributed by atoms with E-state index in [0.717, 1.165) is 11.1 Å². The standard InChI is InChI=1S/C12H12ClFN2O4/c1-12(2)6-20-15(11(12)17)5-7-3-4-8(14)10(9(7)13)16(18)19/h3-4H,5-6H2,1-2H3. The van der Waals surface area contributed by atoms with Crippen molar-refractivity contribution in [3.63, 3.8) is 0 Å². The first-order valence-corrected chi connectivity index (χ1v) is 6.18. The maximum absolute atomic E-state index is 13.4. The highest BCUT2D eigenvalue weighted by Crippen LogP contribution is 2.34. The third-order valence-electron chi connectivity index (χ3n) is 3.03. The van der Waals surface area contributed by atoms with Gasteiger partial charge >= 0.3 is 5.69 Å². The maximum Gasteiger partial charge on any atom is 0.323 e. The van der Waals surface area contributed by atoms with Gasteiger partial charge in [-0.25, -0.2) is 5.06 Å². The molecule has 0 spiro atoms. The van der Waals surface area contributed by atoms with Gasteiger partial charge in [-0.15, -0.1) is 0 Å². The van der Waals surface area contributed by atoms with Crippen molar-refractivity contribution in [3.05, 3.63) is 38.7 Å². The summed E-state index contributed by atoms with van der Waals surface area (Å²) in [7, 11) is 0. The van der Waals surface area contributed by atoms with Crippen molar-refractivity contribution in [3.8, 4) is 0 Å². The van der Waals surface area contributed by atoms with Gasteiger partial charge in [-0.05, 0) is 25.5 Å². The van der Waals surface area contributed by atoms with E-state index in [9.17, 15) is 19.3 Å². The molecule has 1 heterocycles. The second-order valence-corrected chi connectivity index (χ2v) is 5.50. The van der Waals surface area contributed by atoms with Crippen molar-refractivity contribution in [2.45, 2.75) is 20.4 Å². The highest BCUT2D eigenvalue weighted by molar-refractivity contribution is 6.33. The molecule has 1 amide bonds. The number of halogens is 2. The summed E-state index contributed by atoms with van der Waals surface area (Å²) in [6.07, 6.45) is 0. The zero-order chi connectivity index (χ0) is 15.1. The molecule has 1 aliphatic heterocycles. The normalized spacial score (nSPS) is 17.6. The maximum atomic E-state index is 13.4. The SMILES string of the molecule is CC1(C)CON(Cc2ccc(F)c([N+](=O)[O-])c2Cl)C1=O. The fourth-order valence-electron chi connectivity index (χ4n) is 1.84. The van der Waals surface area contributed by atoms with Gasteiger partial charge in [0.05, 0.1) is 23.5 Å². The molecular formula is C12H12ClFN2O4. The van der Waals surface area contributed by atoms with Crippen LogP contribution in [0.2, 0.25) is 5.02 Å². The van der Waals surface area contributed by atoms with Crippen LogP contribution in [0.4, 0.5) is 10.1 Å². The van der Waals surface area contributed by atoms with Gasteiger partial charge in [-0.1, -0.05) is 17.7 Å². The minimum absolute atomic E-state index is 0.0672. The summed E-state index contributed by atoms with van der Waals surface area (Å²) in [4.78, 5) is 27.1. The minimum atomic E-state index is -1.02. The van der Waals surface area contributed by atoms with Crippen LogP contribution >= 0.6 is 11.6 Å². The first-order valence-electron chi connectivity index (χ1n) is 5.80. The van der Waals surface area contributed by atoms with Gasteiger partial charge < -0.3 is 0 Å². The molecule has 0 radical (unpaired) electrons. The third-order valence-corrected chi connectivity index (χ3v) is 3.45. The predicted octanol–water partition coefficient (Wildman–Crippen LogP) is 2.69. The number of benzene rings is 1. The topological polar surface area (TPSA) is 72.7 Å². The average Bonchev–Trinajstić information content (AvgIpc) is 2.59. The molecule has 1 aromatic rings. The van der Waals surface area contributed by atoms with Gasteiger partial charge in [0.15, 0.2) is 0 Å². The molecule has 6 nitrogen and oxygen atoms in total. The molecule has 1 fully saturated rings. The first-order chi connectivity index (χ1) is 9.24. The highest BCUT2D eigenvalue weighted by Gasteiger charge is 2.40. The van der Waals surface area contributed by atoms with Crippen molar-refractivity contribution in [2.24, 2.45) is 5.41 Å². The lowest BCUT2D eigenvalue weighted by molar-refractivity contribution is -0.387. The Labute approximate surface area is 119 Å². The second-order valence-electron chi connectivity index (χ2n) is 5.13. The number of carbonyl (C=O) groups excluding carboxylic acids is 1. The van der Waals surface area contributed by atoms with Crippen LogP contribution in [0.15, 0.2) is 12.1 Å². The van der Waals surface area contributed by atoms with Crippen LogP contribution in [-0.4, -0.2) is 22.5 Å². The lowest BCUT2D eigenvalue weighted by Gasteiger charge is -2.17. The Balaban J connectivity index is 2.30. The van der Waals surface area contributed by atoms with E-state index in [0.29, 0.717) is 0 Å². The molecule has 0 aliphatic carbocycles. The summed E-state index contributed by atoms with van der Waals surface area (Å²) in [5, 5.41) is 11.5. The number of nitro groups is 1. The van der Waals surface area contributed by atoms with E-state index in [-0.39, 0.29) is 29.6 Å². The molecule has 1 aliphatic rings. The lowest BCUT2D eigenvalue weighted by atomic mass is 9.95. The van der Waals surface area contributed by atoms with Crippen LogP contribution < -0.4 is 0 Å². The number of nitro benzene ring substituents is 1. The number of hydrogen-bond donors (Lipinski definition) is 0. The average molecular weight is 303 g/mol. The Morgan fingerprint density at radius 2 is 2.20 bits per heavy atom. The fourth-order valence-corrected chi connectivity index (χ4v) is 2.12. The molecule has 0 atom stereocenters. The summed E-state index contributed by atoms with van der Waals surface area (Å²) in [6.45, 7) is 3.60. The summed E-state index contributed by atoms with van der Waals surface area (Å²) in [6, 6.07) is 2.25. The quantitative estimate of drug-likeness (QED) is 0.635. The first kappa shape index (κ1) is 14.7. The monoisotopic (exact) mass is 302 g/mol.